The molecule has 4 heteroatoms. The highest BCUT2D eigenvalue weighted by molar-refractivity contribution is 5.51. The maximum atomic E-state index is 13.6. The van der Waals surface area contributed by atoms with Crippen LogP contribution in [0.3, 0.4) is 0 Å². The number of benzene rings is 2. The molecule has 0 aliphatic rings. The molecule has 0 saturated heterocycles. The van der Waals surface area contributed by atoms with Crippen molar-refractivity contribution in [3.05, 3.63) is 59.4 Å². The molecule has 0 bridgehead atoms. The number of halogens is 1. The van der Waals surface area contributed by atoms with E-state index in [9.17, 15) is 9.50 Å². The minimum atomic E-state index is -0.717. The molecule has 0 aromatic heterocycles. The van der Waals surface area contributed by atoms with Crippen molar-refractivity contribution in [3.63, 3.8) is 0 Å². The van der Waals surface area contributed by atoms with Gasteiger partial charge in [-0.05, 0) is 37.6 Å². The summed E-state index contributed by atoms with van der Waals surface area (Å²) in [5.41, 5.74) is 2.38. The average molecular weight is 289 g/mol. The van der Waals surface area contributed by atoms with Gasteiger partial charge in [0.1, 0.15) is 24.3 Å². The monoisotopic (exact) mass is 289 g/mol. The van der Waals surface area contributed by atoms with E-state index in [-0.39, 0.29) is 19.0 Å². The van der Waals surface area contributed by atoms with Gasteiger partial charge in [0, 0.05) is 6.54 Å². The van der Waals surface area contributed by atoms with E-state index in [0.717, 1.165) is 11.1 Å². The van der Waals surface area contributed by atoms with E-state index < -0.39 is 6.10 Å². The molecule has 0 spiro atoms. The van der Waals surface area contributed by atoms with Gasteiger partial charge in [0.15, 0.2) is 0 Å². The third-order valence-electron chi connectivity index (χ3n) is 3.20. The van der Waals surface area contributed by atoms with E-state index in [0.29, 0.717) is 11.4 Å². The zero-order valence-electron chi connectivity index (χ0n) is 12.3. The Morgan fingerprint density at radius 3 is 2.52 bits per heavy atom. The van der Waals surface area contributed by atoms with E-state index in [4.69, 9.17) is 4.74 Å². The van der Waals surface area contributed by atoms with Crippen LogP contribution in [0.4, 0.5) is 10.1 Å². The van der Waals surface area contributed by atoms with Crippen molar-refractivity contribution in [3.8, 4) is 5.75 Å². The number of nitrogens with one attached hydrogen (secondary N) is 1. The molecule has 2 N–H and O–H groups in total. The third-order valence-corrected chi connectivity index (χ3v) is 3.20. The summed E-state index contributed by atoms with van der Waals surface area (Å²) in [7, 11) is 0. The van der Waals surface area contributed by atoms with Gasteiger partial charge in [-0.25, -0.2) is 4.39 Å². The summed E-state index contributed by atoms with van der Waals surface area (Å²) in [5.74, 6) is 0.392. The van der Waals surface area contributed by atoms with E-state index in [1.54, 1.807) is 6.07 Å². The zero-order chi connectivity index (χ0) is 15.2. The van der Waals surface area contributed by atoms with Gasteiger partial charge in [-0.3, -0.25) is 0 Å². The lowest BCUT2D eigenvalue weighted by Crippen LogP contribution is -2.26. The van der Waals surface area contributed by atoms with Crippen LogP contribution in [0.25, 0.3) is 0 Å². The highest BCUT2D eigenvalue weighted by atomic mass is 19.1. The lowest BCUT2D eigenvalue weighted by atomic mass is 10.2. The van der Waals surface area contributed by atoms with Gasteiger partial charge in [0.05, 0.1) is 5.69 Å². The number of hydrogen-bond donors (Lipinski definition) is 2. The molecule has 0 saturated carbocycles. The molecule has 112 valence electrons. The largest absolute Gasteiger partial charge is 0.491 e. The minimum Gasteiger partial charge on any atom is -0.491 e. The normalized spacial score (nSPS) is 12.0. The van der Waals surface area contributed by atoms with Gasteiger partial charge in [-0.1, -0.05) is 29.8 Å². The van der Waals surface area contributed by atoms with Crippen molar-refractivity contribution in [2.75, 3.05) is 18.5 Å². The third kappa shape index (κ3) is 4.46. The molecule has 2 aromatic rings. The van der Waals surface area contributed by atoms with Crippen molar-refractivity contribution >= 4 is 5.69 Å². The molecule has 0 fully saturated rings. The number of ether oxygens (including phenoxy) is 1. The van der Waals surface area contributed by atoms with Crippen LogP contribution in [0.2, 0.25) is 0 Å². The summed E-state index contributed by atoms with van der Waals surface area (Å²) < 4.78 is 19.1. The van der Waals surface area contributed by atoms with E-state index in [1.165, 1.54) is 6.07 Å². The molecule has 3 nitrogen and oxygen atoms in total. The Morgan fingerprint density at radius 1 is 1.14 bits per heavy atom. The molecular formula is C17H20FNO2. The predicted molar refractivity (Wildman–Crippen MR) is 82.3 cm³/mol. The molecule has 2 aromatic carbocycles. The Balaban J connectivity index is 1.82. The molecule has 21 heavy (non-hydrogen) atoms. The second-order valence-electron chi connectivity index (χ2n) is 5.09. The summed E-state index contributed by atoms with van der Waals surface area (Å²) in [6, 6.07) is 12.5. The summed E-state index contributed by atoms with van der Waals surface area (Å²) in [6.45, 7) is 4.21. The lowest BCUT2D eigenvalue weighted by Gasteiger charge is -2.15. The van der Waals surface area contributed by atoms with E-state index in [2.05, 4.69) is 5.32 Å². The minimum absolute atomic E-state index is 0.156. The van der Waals surface area contributed by atoms with Crippen LogP contribution >= 0.6 is 0 Å². The molecule has 1 atom stereocenters. The summed E-state index contributed by atoms with van der Waals surface area (Å²) in [4.78, 5) is 0. The Bertz CT molecular complexity index is 564. The summed E-state index contributed by atoms with van der Waals surface area (Å²) in [6.07, 6.45) is -0.717. The highest BCUT2D eigenvalue weighted by Gasteiger charge is 2.09. The first-order valence-electron chi connectivity index (χ1n) is 6.93. The average Bonchev–Trinajstić information content (AvgIpc) is 2.46. The highest BCUT2D eigenvalue weighted by Crippen LogP contribution is 2.18. The number of rotatable bonds is 6. The van der Waals surface area contributed by atoms with Crippen molar-refractivity contribution in [1.29, 1.82) is 0 Å². The topological polar surface area (TPSA) is 41.5 Å². The predicted octanol–water partition coefficient (Wildman–Crippen LogP) is 3.29. The lowest BCUT2D eigenvalue weighted by molar-refractivity contribution is 0.117. The molecule has 0 amide bonds. The first-order chi connectivity index (χ1) is 10.1. The van der Waals surface area contributed by atoms with Crippen LogP contribution < -0.4 is 10.1 Å². The van der Waals surface area contributed by atoms with Crippen LogP contribution in [-0.2, 0) is 0 Å². The molecule has 0 aliphatic heterocycles. The van der Waals surface area contributed by atoms with Crippen LogP contribution in [-0.4, -0.2) is 24.4 Å². The number of aliphatic hydroxyl groups excluding tert-OH is 1. The standard InChI is InChI=1S/C17H20FNO2/c1-12-6-8-15(9-7-12)21-11-14(20)10-19-17-13(2)4-3-5-16(17)18/h3-9,14,19-20H,10-11H2,1-2H3. The number of aryl methyl sites for hydroxylation is 2. The second kappa shape index (κ2) is 7.09. The number of hydrogen-bond acceptors (Lipinski definition) is 3. The SMILES string of the molecule is Cc1ccc(OCC(O)CNc2c(C)cccc2F)cc1. The van der Waals surface area contributed by atoms with Gasteiger partial charge in [-0.2, -0.15) is 0 Å². The van der Waals surface area contributed by atoms with Gasteiger partial charge < -0.3 is 15.2 Å². The van der Waals surface area contributed by atoms with Crippen molar-refractivity contribution < 1.29 is 14.2 Å². The fourth-order valence-corrected chi connectivity index (χ4v) is 1.96. The van der Waals surface area contributed by atoms with Crippen LogP contribution in [0.15, 0.2) is 42.5 Å². The first kappa shape index (κ1) is 15.3. The van der Waals surface area contributed by atoms with Gasteiger partial charge in [0.2, 0.25) is 0 Å². The molecular weight excluding hydrogens is 269 g/mol. The summed E-state index contributed by atoms with van der Waals surface area (Å²) >= 11 is 0. The van der Waals surface area contributed by atoms with Gasteiger partial charge in [-0.15, -0.1) is 0 Å². The van der Waals surface area contributed by atoms with E-state index >= 15 is 0 Å². The quantitative estimate of drug-likeness (QED) is 0.857. The Morgan fingerprint density at radius 2 is 1.86 bits per heavy atom. The van der Waals surface area contributed by atoms with Gasteiger partial charge in [0.25, 0.3) is 0 Å². The van der Waals surface area contributed by atoms with Crippen LogP contribution in [0.1, 0.15) is 11.1 Å². The molecule has 0 heterocycles. The van der Waals surface area contributed by atoms with Crippen LogP contribution in [0.5, 0.6) is 5.75 Å². The van der Waals surface area contributed by atoms with Crippen molar-refractivity contribution in [1.82, 2.24) is 0 Å². The van der Waals surface area contributed by atoms with Crippen LogP contribution in [0, 0.1) is 19.7 Å². The maximum Gasteiger partial charge on any atom is 0.146 e. The van der Waals surface area contributed by atoms with Crippen molar-refractivity contribution in [2.24, 2.45) is 0 Å². The maximum absolute atomic E-state index is 13.6. The van der Waals surface area contributed by atoms with E-state index in [1.807, 2.05) is 44.2 Å². The first-order valence-corrected chi connectivity index (χ1v) is 6.93. The Hall–Kier alpha value is -2.07. The Labute approximate surface area is 124 Å². The fourth-order valence-electron chi connectivity index (χ4n) is 1.96. The fraction of sp³-hybridized carbons (Fsp3) is 0.294. The smallest absolute Gasteiger partial charge is 0.146 e. The second-order valence-corrected chi connectivity index (χ2v) is 5.09. The molecule has 1 unspecified atom stereocenters. The zero-order valence-corrected chi connectivity index (χ0v) is 12.3. The molecule has 0 radical (unpaired) electrons. The number of anilines is 1. The molecule has 2 rings (SSSR count). The summed E-state index contributed by atoms with van der Waals surface area (Å²) in [5, 5.41) is 12.8. The van der Waals surface area contributed by atoms with Crippen molar-refractivity contribution in [2.45, 2.75) is 20.0 Å². The number of para-hydroxylation sites is 1. The molecule has 0 aliphatic carbocycles. The van der Waals surface area contributed by atoms with Gasteiger partial charge >= 0.3 is 0 Å². The number of aliphatic hydroxyl groups is 1. The Kier molecular flexibility index (Phi) is 5.17.